The standard InChI is InChI=1S/C14H23NOS/c1-4-15-12(3)13-6-5-7-14(10-13)17-9-8-11(2)16/h5-7,10-12,15-16H,4,8-9H2,1-3H3. The van der Waals surface area contributed by atoms with E-state index in [0.717, 1.165) is 18.7 Å². The number of aliphatic hydroxyl groups excluding tert-OH is 1. The Morgan fingerprint density at radius 3 is 2.76 bits per heavy atom. The third-order valence-corrected chi connectivity index (χ3v) is 3.70. The van der Waals surface area contributed by atoms with E-state index in [1.807, 2.05) is 18.7 Å². The van der Waals surface area contributed by atoms with Gasteiger partial charge in [-0.05, 0) is 44.5 Å². The molecule has 0 heterocycles. The Bertz CT molecular complexity index is 328. The molecule has 1 aromatic carbocycles. The van der Waals surface area contributed by atoms with Crippen LogP contribution in [0.3, 0.4) is 0 Å². The summed E-state index contributed by atoms with van der Waals surface area (Å²) in [5.74, 6) is 0.969. The summed E-state index contributed by atoms with van der Waals surface area (Å²) >= 11 is 1.81. The summed E-state index contributed by atoms with van der Waals surface area (Å²) in [6.07, 6.45) is 0.642. The Balaban J connectivity index is 2.53. The fraction of sp³-hybridized carbons (Fsp3) is 0.571. The van der Waals surface area contributed by atoms with Gasteiger partial charge in [-0.1, -0.05) is 19.1 Å². The minimum atomic E-state index is -0.202. The van der Waals surface area contributed by atoms with Gasteiger partial charge < -0.3 is 10.4 Å². The first-order chi connectivity index (χ1) is 8.13. The van der Waals surface area contributed by atoms with E-state index < -0.39 is 0 Å². The highest BCUT2D eigenvalue weighted by Gasteiger charge is 2.04. The van der Waals surface area contributed by atoms with Crippen molar-refractivity contribution in [3.63, 3.8) is 0 Å². The van der Waals surface area contributed by atoms with E-state index in [1.165, 1.54) is 10.5 Å². The number of rotatable bonds is 7. The van der Waals surface area contributed by atoms with Crippen LogP contribution in [0.2, 0.25) is 0 Å². The smallest absolute Gasteiger partial charge is 0.0520 e. The maximum atomic E-state index is 9.22. The fourth-order valence-electron chi connectivity index (χ4n) is 1.65. The third-order valence-electron chi connectivity index (χ3n) is 2.67. The quantitative estimate of drug-likeness (QED) is 0.732. The fourth-order valence-corrected chi connectivity index (χ4v) is 2.73. The van der Waals surface area contributed by atoms with Crippen LogP contribution in [0.1, 0.15) is 38.8 Å². The Kier molecular flexibility index (Phi) is 6.63. The van der Waals surface area contributed by atoms with E-state index in [4.69, 9.17) is 0 Å². The summed E-state index contributed by atoms with van der Waals surface area (Å²) in [5.41, 5.74) is 1.33. The van der Waals surface area contributed by atoms with Gasteiger partial charge in [0.2, 0.25) is 0 Å². The lowest BCUT2D eigenvalue weighted by molar-refractivity contribution is 0.192. The zero-order valence-electron chi connectivity index (χ0n) is 10.9. The van der Waals surface area contributed by atoms with E-state index in [-0.39, 0.29) is 6.10 Å². The second-order valence-electron chi connectivity index (χ2n) is 4.34. The lowest BCUT2D eigenvalue weighted by Gasteiger charge is -2.13. The number of aliphatic hydroxyl groups is 1. The van der Waals surface area contributed by atoms with Gasteiger partial charge in [0.25, 0.3) is 0 Å². The minimum Gasteiger partial charge on any atom is -0.393 e. The monoisotopic (exact) mass is 253 g/mol. The van der Waals surface area contributed by atoms with Gasteiger partial charge in [0.1, 0.15) is 0 Å². The number of hydrogen-bond acceptors (Lipinski definition) is 3. The normalized spacial score (nSPS) is 14.6. The topological polar surface area (TPSA) is 32.3 Å². The van der Waals surface area contributed by atoms with E-state index in [1.54, 1.807) is 0 Å². The van der Waals surface area contributed by atoms with Gasteiger partial charge in [0, 0.05) is 16.7 Å². The van der Waals surface area contributed by atoms with Crippen LogP contribution in [0.25, 0.3) is 0 Å². The maximum Gasteiger partial charge on any atom is 0.0520 e. The van der Waals surface area contributed by atoms with Crippen molar-refractivity contribution in [3.05, 3.63) is 29.8 Å². The zero-order valence-corrected chi connectivity index (χ0v) is 11.8. The van der Waals surface area contributed by atoms with Crippen LogP contribution in [0.15, 0.2) is 29.2 Å². The summed E-state index contributed by atoms with van der Waals surface area (Å²) in [6.45, 7) is 7.13. The summed E-state index contributed by atoms with van der Waals surface area (Å²) in [4.78, 5) is 1.29. The average Bonchev–Trinajstić information content (AvgIpc) is 2.29. The van der Waals surface area contributed by atoms with Crippen LogP contribution >= 0.6 is 11.8 Å². The molecule has 2 atom stereocenters. The van der Waals surface area contributed by atoms with Crippen molar-refractivity contribution < 1.29 is 5.11 Å². The van der Waals surface area contributed by atoms with Crippen molar-refractivity contribution in [3.8, 4) is 0 Å². The van der Waals surface area contributed by atoms with Crippen LogP contribution < -0.4 is 5.32 Å². The molecule has 0 saturated heterocycles. The highest BCUT2D eigenvalue weighted by atomic mass is 32.2. The van der Waals surface area contributed by atoms with Gasteiger partial charge in [-0.2, -0.15) is 0 Å². The molecule has 1 rings (SSSR count). The van der Waals surface area contributed by atoms with Gasteiger partial charge in [-0.3, -0.25) is 0 Å². The van der Waals surface area contributed by atoms with Crippen LogP contribution in [-0.2, 0) is 0 Å². The predicted molar refractivity (Wildman–Crippen MR) is 75.6 cm³/mol. The average molecular weight is 253 g/mol. The molecule has 2 N–H and O–H groups in total. The van der Waals surface area contributed by atoms with Crippen molar-refractivity contribution >= 4 is 11.8 Å². The van der Waals surface area contributed by atoms with Gasteiger partial charge in [-0.25, -0.2) is 0 Å². The highest BCUT2D eigenvalue weighted by Crippen LogP contribution is 2.23. The Labute approximate surface area is 109 Å². The molecule has 0 spiro atoms. The summed E-state index contributed by atoms with van der Waals surface area (Å²) in [7, 11) is 0. The molecule has 0 radical (unpaired) electrons. The molecule has 0 bridgehead atoms. The largest absolute Gasteiger partial charge is 0.393 e. The Morgan fingerprint density at radius 1 is 1.35 bits per heavy atom. The number of thioether (sulfide) groups is 1. The first-order valence-electron chi connectivity index (χ1n) is 6.27. The lowest BCUT2D eigenvalue weighted by Crippen LogP contribution is -2.17. The molecule has 2 nitrogen and oxygen atoms in total. The van der Waals surface area contributed by atoms with Gasteiger partial charge in [-0.15, -0.1) is 11.8 Å². The van der Waals surface area contributed by atoms with Crippen molar-refractivity contribution in [1.82, 2.24) is 5.32 Å². The number of hydrogen-bond donors (Lipinski definition) is 2. The van der Waals surface area contributed by atoms with E-state index in [2.05, 4.69) is 43.4 Å². The third kappa shape index (κ3) is 5.57. The second kappa shape index (κ2) is 7.75. The molecule has 0 aliphatic rings. The predicted octanol–water partition coefficient (Wildman–Crippen LogP) is 3.22. The SMILES string of the molecule is CCNC(C)c1cccc(SCCC(C)O)c1. The van der Waals surface area contributed by atoms with Gasteiger partial charge in [0.05, 0.1) is 6.10 Å². The first kappa shape index (κ1) is 14.6. The zero-order chi connectivity index (χ0) is 12.7. The maximum absolute atomic E-state index is 9.22. The van der Waals surface area contributed by atoms with Crippen LogP contribution in [0.5, 0.6) is 0 Å². The van der Waals surface area contributed by atoms with Crippen molar-refractivity contribution in [2.75, 3.05) is 12.3 Å². The molecular weight excluding hydrogens is 230 g/mol. The molecule has 0 fully saturated rings. The summed E-state index contributed by atoms with van der Waals surface area (Å²) in [5, 5.41) is 12.6. The van der Waals surface area contributed by atoms with Crippen LogP contribution in [0, 0.1) is 0 Å². The van der Waals surface area contributed by atoms with E-state index in [9.17, 15) is 5.11 Å². The molecule has 0 amide bonds. The van der Waals surface area contributed by atoms with Crippen molar-refractivity contribution in [1.29, 1.82) is 0 Å². The molecule has 17 heavy (non-hydrogen) atoms. The van der Waals surface area contributed by atoms with E-state index >= 15 is 0 Å². The lowest BCUT2D eigenvalue weighted by atomic mass is 10.1. The Morgan fingerprint density at radius 2 is 2.12 bits per heavy atom. The number of nitrogens with one attached hydrogen (secondary N) is 1. The molecule has 0 aliphatic heterocycles. The highest BCUT2D eigenvalue weighted by molar-refractivity contribution is 7.99. The molecular formula is C14H23NOS. The molecule has 3 heteroatoms. The van der Waals surface area contributed by atoms with Crippen LogP contribution in [-0.4, -0.2) is 23.5 Å². The summed E-state index contributed by atoms with van der Waals surface area (Å²) < 4.78 is 0. The van der Waals surface area contributed by atoms with Gasteiger partial charge in [0.15, 0.2) is 0 Å². The van der Waals surface area contributed by atoms with E-state index in [0.29, 0.717) is 6.04 Å². The van der Waals surface area contributed by atoms with Crippen LogP contribution in [0.4, 0.5) is 0 Å². The summed E-state index contributed by atoms with van der Waals surface area (Å²) in [6, 6.07) is 9.03. The molecule has 0 aliphatic carbocycles. The Hall–Kier alpha value is -0.510. The van der Waals surface area contributed by atoms with Crippen molar-refractivity contribution in [2.45, 2.75) is 44.2 Å². The first-order valence-corrected chi connectivity index (χ1v) is 7.26. The second-order valence-corrected chi connectivity index (χ2v) is 5.51. The molecule has 96 valence electrons. The number of benzene rings is 1. The molecule has 0 saturated carbocycles. The molecule has 0 aromatic heterocycles. The molecule has 2 unspecified atom stereocenters. The van der Waals surface area contributed by atoms with Gasteiger partial charge >= 0.3 is 0 Å². The minimum absolute atomic E-state index is 0.202. The van der Waals surface area contributed by atoms with Crippen molar-refractivity contribution in [2.24, 2.45) is 0 Å². The molecule has 1 aromatic rings.